The first kappa shape index (κ1) is 29.8. The normalized spacial score (nSPS) is 17.5. The van der Waals surface area contributed by atoms with E-state index >= 15 is 4.39 Å². The Balaban J connectivity index is 1.81. The molecule has 0 unspecified atom stereocenters. The van der Waals surface area contributed by atoms with E-state index in [0.717, 1.165) is 16.0 Å². The van der Waals surface area contributed by atoms with Crippen molar-refractivity contribution in [1.29, 1.82) is 0 Å². The minimum absolute atomic E-state index is 0.00178. The topological polar surface area (TPSA) is 122 Å². The van der Waals surface area contributed by atoms with Gasteiger partial charge < -0.3 is 10.2 Å². The lowest BCUT2D eigenvalue weighted by atomic mass is 9.93. The van der Waals surface area contributed by atoms with Crippen LogP contribution in [0.15, 0.2) is 64.0 Å². The molecular weight excluding hydrogens is 557 g/mol. The zero-order chi connectivity index (χ0) is 28.1. The number of nitrogens with zero attached hydrogens (tertiary/aromatic N) is 2. The summed E-state index contributed by atoms with van der Waals surface area (Å²) in [5, 5.41) is 7.44. The van der Waals surface area contributed by atoms with Crippen molar-refractivity contribution in [1.82, 2.24) is 9.62 Å². The molecule has 0 bridgehead atoms. The van der Waals surface area contributed by atoms with Gasteiger partial charge in [0.15, 0.2) is 15.5 Å². The third-order valence-electron chi connectivity index (χ3n) is 5.96. The first-order valence-corrected chi connectivity index (χ1v) is 15.4. The van der Waals surface area contributed by atoms with Crippen molar-refractivity contribution in [2.24, 2.45) is 5.16 Å². The smallest absolute Gasteiger partial charge is 0.258 e. The van der Waals surface area contributed by atoms with Gasteiger partial charge in [-0.3, -0.25) is 4.79 Å². The summed E-state index contributed by atoms with van der Waals surface area (Å²) in [7, 11) is -6.06. The molecule has 0 radical (unpaired) electrons. The number of sulfone groups is 1. The van der Waals surface area contributed by atoms with Gasteiger partial charge in [-0.05, 0) is 42.3 Å². The third kappa shape index (κ3) is 7.40. The molecule has 1 aliphatic heterocycles. The summed E-state index contributed by atoms with van der Waals surface area (Å²) >= 11 is 6.20. The number of carbonyl (C=O) groups is 1. The molecule has 1 atom stereocenters. The number of hydrogen-bond donors (Lipinski definition) is 1. The Labute approximate surface area is 227 Å². The van der Waals surface area contributed by atoms with Crippen LogP contribution < -0.4 is 5.32 Å². The average Bonchev–Trinajstić information content (AvgIpc) is 2.86. The van der Waals surface area contributed by atoms with E-state index in [9.17, 15) is 21.6 Å². The van der Waals surface area contributed by atoms with Gasteiger partial charge in [0.2, 0.25) is 10.0 Å². The molecule has 9 nitrogen and oxygen atoms in total. The van der Waals surface area contributed by atoms with Gasteiger partial charge in [-0.1, -0.05) is 41.0 Å². The third-order valence-corrected chi connectivity index (χ3v) is 8.80. The highest BCUT2D eigenvalue weighted by molar-refractivity contribution is 7.93. The van der Waals surface area contributed by atoms with Crippen LogP contribution >= 0.6 is 11.6 Å². The lowest BCUT2D eigenvalue weighted by Gasteiger charge is -2.35. The molecule has 0 aromatic heterocycles. The number of benzene rings is 2. The SMILES string of the molecule is CO/N=C/c1cccc(-c2cc(Cl)ccc2S(=O)(=O)N2CCC(F)(C(=O)N[C@@H](C)/C=C\S(C)(=O)=O)CC2)c1. The highest BCUT2D eigenvalue weighted by Crippen LogP contribution is 2.35. The van der Waals surface area contributed by atoms with Crippen LogP contribution in [0.3, 0.4) is 0 Å². The van der Waals surface area contributed by atoms with Gasteiger partial charge in [0.05, 0.1) is 11.1 Å². The fourth-order valence-electron chi connectivity index (χ4n) is 3.94. The van der Waals surface area contributed by atoms with E-state index in [1.807, 2.05) is 0 Å². The van der Waals surface area contributed by atoms with Gasteiger partial charge in [0.25, 0.3) is 5.91 Å². The van der Waals surface area contributed by atoms with Crippen molar-refractivity contribution in [2.75, 3.05) is 26.5 Å². The van der Waals surface area contributed by atoms with Gasteiger partial charge in [-0.2, -0.15) is 4.31 Å². The van der Waals surface area contributed by atoms with E-state index < -0.39 is 37.5 Å². The lowest BCUT2D eigenvalue weighted by molar-refractivity contribution is -0.135. The molecule has 38 heavy (non-hydrogen) atoms. The van der Waals surface area contributed by atoms with Gasteiger partial charge in [0.1, 0.15) is 7.11 Å². The zero-order valence-corrected chi connectivity index (χ0v) is 23.5. The molecule has 1 saturated heterocycles. The Bertz CT molecular complexity index is 1450. The molecule has 3 rings (SSSR count). The molecule has 206 valence electrons. The second-order valence-corrected chi connectivity index (χ2v) is 13.2. The van der Waals surface area contributed by atoms with Crippen LogP contribution in [0, 0.1) is 0 Å². The molecule has 0 aliphatic carbocycles. The van der Waals surface area contributed by atoms with E-state index in [2.05, 4.69) is 10.5 Å². The standard InChI is InChI=1S/C25H29ClFN3O6S2/c1-18(9-14-37(3,32)33)29-24(31)25(27)10-12-30(13-11-25)38(34,35)23-8-7-21(26)16-22(23)20-6-4-5-19(15-20)17-28-36-2/h4-9,14-18H,10-13H2,1-3H3,(H,29,31)/b14-9-,28-17+/t18-/m0/s1. The van der Waals surface area contributed by atoms with Crippen molar-refractivity contribution in [3.05, 3.63) is 64.5 Å². The van der Waals surface area contributed by atoms with Crippen molar-refractivity contribution in [3.8, 4) is 11.1 Å². The number of carbonyl (C=O) groups excluding carboxylic acids is 1. The number of sulfonamides is 1. The van der Waals surface area contributed by atoms with Crippen LogP contribution in [-0.2, 0) is 29.5 Å². The van der Waals surface area contributed by atoms with Crippen LogP contribution in [0.5, 0.6) is 0 Å². The van der Waals surface area contributed by atoms with Crippen LogP contribution in [0.1, 0.15) is 25.3 Å². The van der Waals surface area contributed by atoms with Crippen molar-refractivity contribution in [3.63, 3.8) is 0 Å². The van der Waals surface area contributed by atoms with Crippen molar-refractivity contribution < 1.29 is 30.9 Å². The molecule has 1 N–H and O–H groups in total. The quantitative estimate of drug-likeness (QED) is 0.355. The van der Waals surface area contributed by atoms with Gasteiger partial charge >= 0.3 is 0 Å². The Hall–Kier alpha value is -2.80. The lowest BCUT2D eigenvalue weighted by Crippen LogP contribution is -2.53. The fraction of sp³-hybridized carbons (Fsp3) is 0.360. The number of oxime groups is 1. The van der Waals surface area contributed by atoms with Gasteiger partial charge in [-0.15, -0.1) is 0 Å². The Morgan fingerprint density at radius 3 is 2.50 bits per heavy atom. The minimum atomic E-state index is -4.07. The summed E-state index contributed by atoms with van der Waals surface area (Å²) < 4.78 is 66.5. The first-order valence-electron chi connectivity index (χ1n) is 11.6. The number of rotatable bonds is 9. The molecule has 1 amide bonds. The molecule has 1 fully saturated rings. The molecule has 0 saturated carbocycles. The van der Waals surface area contributed by atoms with E-state index in [4.69, 9.17) is 16.4 Å². The second-order valence-electron chi connectivity index (χ2n) is 8.97. The van der Waals surface area contributed by atoms with Crippen LogP contribution in [0.4, 0.5) is 4.39 Å². The highest BCUT2D eigenvalue weighted by Gasteiger charge is 2.44. The maximum Gasteiger partial charge on any atom is 0.258 e. The number of piperidine rings is 1. The minimum Gasteiger partial charge on any atom is -0.399 e. The number of hydrogen-bond acceptors (Lipinski definition) is 7. The summed E-state index contributed by atoms with van der Waals surface area (Å²) in [6.45, 7) is 1.07. The zero-order valence-electron chi connectivity index (χ0n) is 21.1. The molecule has 1 aliphatic rings. The number of alkyl halides is 1. The largest absolute Gasteiger partial charge is 0.399 e. The second kappa shape index (κ2) is 11.9. The average molecular weight is 586 g/mol. The predicted octanol–water partition coefficient (Wildman–Crippen LogP) is 3.54. The fourth-order valence-corrected chi connectivity index (χ4v) is 6.27. The maximum absolute atomic E-state index is 15.5. The molecule has 0 spiro atoms. The van der Waals surface area contributed by atoms with Crippen molar-refractivity contribution in [2.45, 2.75) is 36.4 Å². The first-order chi connectivity index (χ1) is 17.7. The monoisotopic (exact) mass is 585 g/mol. The summed E-state index contributed by atoms with van der Waals surface area (Å²) in [4.78, 5) is 17.3. The van der Waals surface area contributed by atoms with Gasteiger partial charge in [0, 0.05) is 54.2 Å². The van der Waals surface area contributed by atoms with E-state index in [1.54, 1.807) is 30.3 Å². The molecule has 2 aromatic carbocycles. The summed E-state index contributed by atoms with van der Waals surface area (Å²) in [5.74, 6) is -0.915. The highest BCUT2D eigenvalue weighted by atomic mass is 35.5. The number of nitrogens with one attached hydrogen (secondary N) is 1. The summed E-state index contributed by atoms with van der Waals surface area (Å²) in [6.07, 6.45) is 3.02. The molecular formula is C25H29ClFN3O6S2. The summed E-state index contributed by atoms with van der Waals surface area (Å²) in [5.41, 5.74) is -0.665. The number of amides is 1. The van der Waals surface area contributed by atoms with Crippen LogP contribution in [-0.4, -0.2) is 71.4 Å². The van der Waals surface area contributed by atoms with Crippen molar-refractivity contribution >= 4 is 43.6 Å². The van der Waals surface area contributed by atoms with E-state index in [-0.39, 0.29) is 30.8 Å². The van der Waals surface area contributed by atoms with E-state index in [0.29, 0.717) is 21.7 Å². The van der Waals surface area contributed by atoms with E-state index in [1.165, 1.54) is 38.5 Å². The Morgan fingerprint density at radius 2 is 1.87 bits per heavy atom. The summed E-state index contributed by atoms with van der Waals surface area (Å²) in [6, 6.07) is 10.7. The van der Waals surface area contributed by atoms with Gasteiger partial charge in [-0.25, -0.2) is 21.2 Å². The predicted molar refractivity (Wildman–Crippen MR) is 145 cm³/mol. The molecule has 2 aromatic rings. The van der Waals surface area contributed by atoms with Crippen LogP contribution in [0.25, 0.3) is 11.1 Å². The maximum atomic E-state index is 15.5. The Morgan fingerprint density at radius 1 is 1.18 bits per heavy atom. The van der Waals surface area contributed by atoms with Crippen LogP contribution in [0.2, 0.25) is 5.02 Å². The molecule has 1 heterocycles. The Kier molecular flexibility index (Phi) is 9.34. The number of halogens is 2. The molecule has 13 heteroatoms.